The van der Waals surface area contributed by atoms with Crippen molar-refractivity contribution < 1.29 is 24.2 Å². The van der Waals surface area contributed by atoms with Gasteiger partial charge in [-0.25, -0.2) is 0 Å². The summed E-state index contributed by atoms with van der Waals surface area (Å²) in [7, 11) is 0. The minimum absolute atomic E-state index is 0.0483. The van der Waals surface area contributed by atoms with Gasteiger partial charge in [-0.15, -0.1) is 13.2 Å². The lowest BCUT2D eigenvalue weighted by molar-refractivity contribution is -0.160. The highest BCUT2D eigenvalue weighted by Crippen LogP contribution is 2.66. The highest BCUT2D eigenvalue weighted by atomic mass is 16.5. The van der Waals surface area contributed by atoms with Gasteiger partial charge in [0.25, 0.3) is 0 Å². The van der Waals surface area contributed by atoms with E-state index in [9.17, 15) is 19.5 Å². The molecule has 3 fully saturated rings. The summed E-state index contributed by atoms with van der Waals surface area (Å²) in [5.74, 6) is -2.20. The number of carbonyl (C=O) groups is 3. The van der Waals surface area contributed by atoms with Gasteiger partial charge >= 0.3 is 0 Å². The maximum atomic E-state index is 14.8. The number of aliphatic hydroxyl groups is 1. The number of aliphatic hydroxyl groups excluding tert-OH is 1. The number of rotatable bonds is 12. The summed E-state index contributed by atoms with van der Waals surface area (Å²) >= 11 is 0. The molecule has 0 saturated carbocycles. The SMILES string of the molecule is C=CCN(CCC)C(=O)[C@@H]1[C@H]2C(=O)N([C@H](C)CO)C(C(=O)N(CC=C)C(C)(C)CC(C)(C)C)C23CC(C)[C@@]1(C)O3. The number of carbonyl (C=O) groups excluding carboxylic acids is 3. The van der Waals surface area contributed by atoms with Crippen LogP contribution in [0.15, 0.2) is 25.3 Å². The number of hydrogen-bond acceptors (Lipinski definition) is 5. The van der Waals surface area contributed by atoms with Crippen molar-refractivity contribution in [2.75, 3.05) is 26.2 Å². The Labute approximate surface area is 241 Å². The van der Waals surface area contributed by atoms with Crippen LogP contribution in [0.5, 0.6) is 0 Å². The lowest BCUT2D eigenvalue weighted by Crippen LogP contribution is -2.62. The molecule has 7 atom stereocenters. The zero-order chi connectivity index (χ0) is 30.4. The molecule has 2 bridgehead atoms. The van der Waals surface area contributed by atoms with Gasteiger partial charge in [-0.3, -0.25) is 14.4 Å². The zero-order valence-corrected chi connectivity index (χ0v) is 26.3. The minimum Gasteiger partial charge on any atom is -0.394 e. The molecule has 40 heavy (non-hydrogen) atoms. The molecular formula is C32H53N3O5. The van der Waals surface area contributed by atoms with Gasteiger partial charge in [-0.1, -0.05) is 46.8 Å². The van der Waals surface area contributed by atoms with Crippen molar-refractivity contribution in [2.24, 2.45) is 23.2 Å². The Morgan fingerprint density at radius 2 is 1.77 bits per heavy atom. The van der Waals surface area contributed by atoms with Crippen molar-refractivity contribution in [1.29, 1.82) is 0 Å². The molecule has 3 aliphatic rings. The van der Waals surface area contributed by atoms with E-state index in [1.807, 2.05) is 32.6 Å². The van der Waals surface area contributed by atoms with Crippen LogP contribution in [0.3, 0.4) is 0 Å². The Hall–Kier alpha value is -2.19. The molecule has 0 radical (unpaired) electrons. The molecule has 3 amide bonds. The highest BCUT2D eigenvalue weighted by Gasteiger charge is 2.80. The molecule has 0 aromatic carbocycles. The summed E-state index contributed by atoms with van der Waals surface area (Å²) in [6, 6.07) is -1.56. The molecule has 1 N–H and O–H groups in total. The van der Waals surface area contributed by atoms with Crippen LogP contribution >= 0.6 is 0 Å². The van der Waals surface area contributed by atoms with Crippen LogP contribution < -0.4 is 0 Å². The second-order valence-electron chi connectivity index (χ2n) is 14.3. The minimum atomic E-state index is -1.16. The fourth-order valence-corrected chi connectivity index (χ4v) is 8.11. The smallest absolute Gasteiger partial charge is 0.249 e. The van der Waals surface area contributed by atoms with Crippen LogP contribution in [0.25, 0.3) is 0 Å². The Bertz CT molecular complexity index is 1020. The number of ether oxygens (including phenoxy) is 1. The lowest BCUT2D eigenvalue weighted by Gasteiger charge is -2.46. The van der Waals surface area contributed by atoms with Gasteiger partial charge in [0.05, 0.1) is 30.1 Å². The molecule has 0 aromatic rings. The summed E-state index contributed by atoms with van der Waals surface area (Å²) in [5, 5.41) is 10.2. The van der Waals surface area contributed by atoms with E-state index in [0.717, 1.165) is 12.8 Å². The van der Waals surface area contributed by atoms with E-state index in [2.05, 4.69) is 40.9 Å². The van der Waals surface area contributed by atoms with Gasteiger partial charge < -0.3 is 24.5 Å². The van der Waals surface area contributed by atoms with E-state index in [1.54, 1.807) is 24.0 Å². The maximum Gasteiger partial charge on any atom is 0.249 e. The first-order valence-electron chi connectivity index (χ1n) is 14.9. The van der Waals surface area contributed by atoms with E-state index < -0.39 is 40.7 Å². The number of fused-ring (bicyclic) bond motifs is 1. The maximum absolute atomic E-state index is 14.8. The summed E-state index contributed by atoms with van der Waals surface area (Å²) in [5.41, 5.74) is -2.64. The Morgan fingerprint density at radius 1 is 1.18 bits per heavy atom. The van der Waals surface area contributed by atoms with Crippen LogP contribution in [0.2, 0.25) is 0 Å². The van der Waals surface area contributed by atoms with E-state index in [0.29, 0.717) is 26.1 Å². The average molecular weight is 560 g/mol. The van der Waals surface area contributed by atoms with Crippen molar-refractivity contribution in [3.05, 3.63) is 25.3 Å². The molecule has 0 aliphatic carbocycles. The molecule has 3 rings (SSSR count). The van der Waals surface area contributed by atoms with E-state index in [1.165, 1.54) is 4.90 Å². The molecule has 8 heteroatoms. The third kappa shape index (κ3) is 5.15. The van der Waals surface area contributed by atoms with Gasteiger partial charge in [0.15, 0.2) is 0 Å². The molecular weight excluding hydrogens is 506 g/mol. The number of amides is 3. The van der Waals surface area contributed by atoms with Crippen LogP contribution in [0, 0.1) is 23.2 Å². The largest absolute Gasteiger partial charge is 0.394 e. The number of nitrogens with zero attached hydrogens (tertiary/aromatic N) is 3. The second kappa shape index (κ2) is 11.2. The molecule has 3 heterocycles. The molecule has 1 spiro atoms. The lowest BCUT2D eigenvalue weighted by atomic mass is 9.62. The summed E-state index contributed by atoms with van der Waals surface area (Å²) in [6.07, 6.45) is 5.42. The number of hydrogen-bond donors (Lipinski definition) is 1. The van der Waals surface area contributed by atoms with Crippen LogP contribution in [0.4, 0.5) is 0 Å². The molecule has 8 nitrogen and oxygen atoms in total. The van der Waals surface area contributed by atoms with Gasteiger partial charge in [0, 0.05) is 25.2 Å². The summed E-state index contributed by atoms with van der Waals surface area (Å²) in [6.45, 7) is 27.0. The third-order valence-corrected chi connectivity index (χ3v) is 9.42. The normalized spacial score (nSPS) is 32.1. The van der Waals surface area contributed by atoms with Gasteiger partial charge in [0.1, 0.15) is 11.6 Å². The van der Waals surface area contributed by atoms with Crippen LogP contribution in [0.1, 0.15) is 81.6 Å². The van der Waals surface area contributed by atoms with Gasteiger partial charge in [0.2, 0.25) is 17.7 Å². The fraction of sp³-hybridized carbons (Fsp3) is 0.781. The summed E-state index contributed by atoms with van der Waals surface area (Å²) < 4.78 is 6.90. The molecule has 3 saturated heterocycles. The van der Waals surface area contributed by atoms with Crippen molar-refractivity contribution in [1.82, 2.24) is 14.7 Å². The van der Waals surface area contributed by atoms with Crippen molar-refractivity contribution in [3.8, 4) is 0 Å². The quantitative estimate of drug-likeness (QED) is 0.365. The fourth-order valence-electron chi connectivity index (χ4n) is 8.11. The topological polar surface area (TPSA) is 90.4 Å². The summed E-state index contributed by atoms with van der Waals surface area (Å²) in [4.78, 5) is 48.5. The first kappa shape index (κ1) is 32.3. The highest BCUT2D eigenvalue weighted by molar-refractivity contribution is 5.99. The molecule has 0 aromatic heterocycles. The average Bonchev–Trinajstić information content (AvgIpc) is 3.36. The third-order valence-electron chi connectivity index (χ3n) is 9.42. The Balaban J connectivity index is 2.19. The molecule has 3 aliphatic heterocycles. The van der Waals surface area contributed by atoms with Crippen molar-refractivity contribution in [3.63, 3.8) is 0 Å². The van der Waals surface area contributed by atoms with Crippen molar-refractivity contribution in [2.45, 2.75) is 110 Å². The number of likely N-dealkylation sites (tertiary alicyclic amines) is 1. The molecule has 3 unspecified atom stereocenters. The first-order chi connectivity index (χ1) is 18.5. The first-order valence-corrected chi connectivity index (χ1v) is 14.9. The monoisotopic (exact) mass is 559 g/mol. The predicted molar refractivity (Wildman–Crippen MR) is 157 cm³/mol. The molecule has 226 valence electrons. The van der Waals surface area contributed by atoms with E-state index in [-0.39, 0.29) is 35.7 Å². The van der Waals surface area contributed by atoms with E-state index in [4.69, 9.17) is 4.74 Å². The van der Waals surface area contributed by atoms with Crippen LogP contribution in [-0.4, -0.2) is 92.6 Å². The second-order valence-corrected chi connectivity index (χ2v) is 14.3. The van der Waals surface area contributed by atoms with Crippen LogP contribution in [-0.2, 0) is 19.1 Å². The van der Waals surface area contributed by atoms with E-state index >= 15 is 0 Å². The van der Waals surface area contributed by atoms with Gasteiger partial charge in [-0.05, 0) is 58.3 Å². The zero-order valence-electron chi connectivity index (χ0n) is 26.3. The van der Waals surface area contributed by atoms with Crippen molar-refractivity contribution >= 4 is 17.7 Å². The predicted octanol–water partition coefficient (Wildman–Crippen LogP) is 4.03. The van der Waals surface area contributed by atoms with Gasteiger partial charge in [-0.2, -0.15) is 0 Å². The standard InChI is InChI=1S/C32H53N3O5/c1-12-15-33(16-13-2)26(37)23-24-27(38)35(22(5)19-36)25(32(24)18-21(4)31(23,11)40-32)28(39)34(17-14-3)30(9,10)20-29(6,7)8/h12,14,21-25,36H,1,3,13,15-20H2,2,4-11H3/t21?,22-,23+,24+,25?,31-,32?/m1/s1. The Morgan fingerprint density at radius 3 is 2.27 bits per heavy atom. The Kier molecular flexibility index (Phi) is 9.08.